The highest BCUT2D eigenvalue weighted by atomic mass is 79.9. The molecule has 128 valence electrons. The van der Waals surface area contributed by atoms with Gasteiger partial charge in [-0.15, -0.1) is 0 Å². The summed E-state index contributed by atoms with van der Waals surface area (Å²) in [5.41, 5.74) is 0.407. The van der Waals surface area contributed by atoms with Crippen molar-refractivity contribution in [2.45, 2.75) is 23.3 Å². The second kappa shape index (κ2) is 6.38. The van der Waals surface area contributed by atoms with Crippen LogP contribution < -0.4 is 14.2 Å². The van der Waals surface area contributed by atoms with Crippen molar-refractivity contribution in [3.8, 4) is 11.5 Å². The lowest BCUT2D eigenvalue weighted by atomic mass is 10.1. The lowest BCUT2D eigenvalue weighted by molar-refractivity contribution is 0.391. The lowest BCUT2D eigenvalue weighted by Gasteiger charge is -2.19. The molecule has 5 nitrogen and oxygen atoms in total. The first kappa shape index (κ1) is 17.3. The summed E-state index contributed by atoms with van der Waals surface area (Å²) in [5, 5.41) is 0. The van der Waals surface area contributed by atoms with Gasteiger partial charge in [-0.1, -0.05) is 28.1 Å². The maximum absolute atomic E-state index is 12.9. The fourth-order valence-electron chi connectivity index (χ4n) is 2.65. The van der Waals surface area contributed by atoms with Gasteiger partial charge in [-0.3, -0.25) is 0 Å². The van der Waals surface area contributed by atoms with E-state index in [0.717, 1.165) is 22.9 Å². The predicted octanol–water partition coefficient (Wildman–Crippen LogP) is 3.43. The molecular weight excluding hydrogens is 394 g/mol. The molecule has 24 heavy (non-hydrogen) atoms. The van der Waals surface area contributed by atoms with E-state index in [2.05, 4.69) is 20.7 Å². The minimum absolute atomic E-state index is 0.0766. The van der Waals surface area contributed by atoms with Crippen molar-refractivity contribution in [1.82, 2.24) is 4.72 Å². The van der Waals surface area contributed by atoms with Gasteiger partial charge in [0.15, 0.2) is 0 Å². The minimum atomic E-state index is -3.76. The number of rotatable bonds is 6. The molecule has 1 fully saturated rings. The number of halogens is 1. The van der Waals surface area contributed by atoms with Crippen molar-refractivity contribution in [2.75, 3.05) is 14.2 Å². The smallest absolute Gasteiger partial charge is 0.245 e. The number of nitrogens with one attached hydrogen (secondary N) is 1. The zero-order valence-corrected chi connectivity index (χ0v) is 15.8. The van der Waals surface area contributed by atoms with Gasteiger partial charge in [0, 0.05) is 10.5 Å². The van der Waals surface area contributed by atoms with Crippen LogP contribution in [-0.4, -0.2) is 22.6 Å². The molecule has 1 aliphatic rings. The Morgan fingerprint density at radius 3 is 2.25 bits per heavy atom. The Kier molecular flexibility index (Phi) is 4.59. The number of hydrogen-bond acceptors (Lipinski definition) is 4. The van der Waals surface area contributed by atoms with Gasteiger partial charge < -0.3 is 9.47 Å². The zero-order valence-electron chi connectivity index (χ0n) is 13.4. The van der Waals surface area contributed by atoms with E-state index in [9.17, 15) is 8.42 Å². The van der Waals surface area contributed by atoms with Crippen LogP contribution in [0.25, 0.3) is 0 Å². The third-order valence-corrected chi connectivity index (χ3v) is 6.22. The third-order valence-electron chi connectivity index (χ3n) is 4.14. The van der Waals surface area contributed by atoms with Crippen LogP contribution in [-0.2, 0) is 15.6 Å². The summed E-state index contributed by atoms with van der Waals surface area (Å²) in [6, 6.07) is 12.4. The van der Waals surface area contributed by atoms with Gasteiger partial charge in [0.25, 0.3) is 0 Å². The Bertz CT molecular complexity index is 845. The number of sulfonamides is 1. The molecule has 0 unspecified atom stereocenters. The summed E-state index contributed by atoms with van der Waals surface area (Å²) in [7, 11) is -0.813. The van der Waals surface area contributed by atoms with Crippen molar-refractivity contribution < 1.29 is 17.9 Å². The van der Waals surface area contributed by atoms with Gasteiger partial charge in [0.2, 0.25) is 10.0 Å². The number of ether oxygens (including phenoxy) is 2. The van der Waals surface area contributed by atoms with Crippen molar-refractivity contribution in [3.05, 3.63) is 52.5 Å². The molecule has 1 saturated carbocycles. The second-order valence-corrected chi connectivity index (χ2v) is 8.28. The standard InChI is InChI=1S/C17H18BrNO4S/c1-22-14-7-8-15(23-2)16(11-14)24(20,21)19-17(9-10-17)12-3-5-13(18)6-4-12/h3-8,11,19H,9-10H2,1-2H3. The summed E-state index contributed by atoms with van der Waals surface area (Å²) >= 11 is 3.40. The Labute approximate surface area is 150 Å². The lowest BCUT2D eigenvalue weighted by Crippen LogP contribution is -2.35. The van der Waals surface area contributed by atoms with E-state index >= 15 is 0 Å². The van der Waals surface area contributed by atoms with Crippen LogP contribution in [0.3, 0.4) is 0 Å². The van der Waals surface area contributed by atoms with Gasteiger partial charge in [-0.05, 0) is 42.7 Å². The monoisotopic (exact) mass is 411 g/mol. The highest BCUT2D eigenvalue weighted by Gasteiger charge is 2.48. The van der Waals surface area contributed by atoms with Crippen LogP contribution in [0.2, 0.25) is 0 Å². The molecule has 2 aromatic carbocycles. The van der Waals surface area contributed by atoms with E-state index in [-0.39, 0.29) is 10.6 Å². The van der Waals surface area contributed by atoms with Crippen molar-refractivity contribution in [1.29, 1.82) is 0 Å². The van der Waals surface area contributed by atoms with Crippen molar-refractivity contribution in [3.63, 3.8) is 0 Å². The first-order valence-corrected chi connectivity index (χ1v) is 9.70. The minimum Gasteiger partial charge on any atom is -0.497 e. The molecule has 0 spiro atoms. The number of benzene rings is 2. The van der Waals surface area contributed by atoms with E-state index in [1.54, 1.807) is 12.1 Å². The van der Waals surface area contributed by atoms with Gasteiger partial charge in [0.05, 0.1) is 19.8 Å². The zero-order chi connectivity index (χ0) is 17.4. The molecule has 7 heteroatoms. The first-order chi connectivity index (χ1) is 11.4. The summed E-state index contributed by atoms with van der Waals surface area (Å²) < 4.78 is 40.0. The number of methoxy groups -OCH3 is 2. The van der Waals surface area contributed by atoms with Crippen LogP contribution in [0.15, 0.2) is 51.8 Å². The molecule has 1 N–H and O–H groups in total. The summed E-state index contributed by atoms with van der Waals surface area (Å²) in [5.74, 6) is 0.750. The molecule has 0 heterocycles. The molecule has 1 aliphatic carbocycles. The van der Waals surface area contributed by atoms with Gasteiger partial charge in [0.1, 0.15) is 16.4 Å². The van der Waals surface area contributed by atoms with E-state index in [4.69, 9.17) is 9.47 Å². The van der Waals surface area contributed by atoms with E-state index in [1.165, 1.54) is 20.3 Å². The van der Waals surface area contributed by atoms with Crippen LogP contribution in [0.4, 0.5) is 0 Å². The first-order valence-electron chi connectivity index (χ1n) is 7.42. The van der Waals surface area contributed by atoms with E-state index in [0.29, 0.717) is 5.75 Å². The van der Waals surface area contributed by atoms with Gasteiger partial charge >= 0.3 is 0 Å². The summed E-state index contributed by atoms with van der Waals surface area (Å²) in [6.45, 7) is 0. The summed E-state index contributed by atoms with van der Waals surface area (Å²) in [4.78, 5) is 0.0766. The molecule has 0 aromatic heterocycles. The molecule has 0 atom stereocenters. The number of hydrogen-bond donors (Lipinski definition) is 1. The molecule has 2 aromatic rings. The Hall–Kier alpha value is -1.57. The van der Waals surface area contributed by atoms with E-state index < -0.39 is 15.6 Å². The third kappa shape index (κ3) is 3.29. The maximum atomic E-state index is 12.9. The molecule has 0 aliphatic heterocycles. The average molecular weight is 412 g/mol. The maximum Gasteiger partial charge on any atom is 0.245 e. The highest BCUT2D eigenvalue weighted by molar-refractivity contribution is 9.10. The average Bonchev–Trinajstić information content (AvgIpc) is 3.34. The molecule has 0 radical (unpaired) electrons. The fraction of sp³-hybridized carbons (Fsp3) is 0.294. The van der Waals surface area contributed by atoms with Gasteiger partial charge in [-0.25, -0.2) is 13.1 Å². The highest BCUT2D eigenvalue weighted by Crippen LogP contribution is 2.47. The molecule has 3 rings (SSSR count). The normalized spacial score (nSPS) is 15.8. The Morgan fingerprint density at radius 1 is 1.04 bits per heavy atom. The Morgan fingerprint density at radius 2 is 1.71 bits per heavy atom. The van der Waals surface area contributed by atoms with Crippen LogP contribution in [0.5, 0.6) is 11.5 Å². The molecule has 0 amide bonds. The second-order valence-electron chi connectivity index (χ2n) is 5.71. The Balaban J connectivity index is 1.96. The SMILES string of the molecule is COc1ccc(OC)c(S(=O)(=O)NC2(c3ccc(Br)cc3)CC2)c1. The predicted molar refractivity (Wildman–Crippen MR) is 94.9 cm³/mol. The topological polar surface area (TPSA) is 64.6 Å². The quantitative estimate of drug-likeness (QED) is 0.790. The van der Waals surface area contributed by atoms with Crippen LogP contribution in [0, 0.1) is 0 Å². The van der Waals surface area contributed by atoms with Crippen LogP contribution >= 0.6 is 15.9 Å². The molecule has 0 saturated heterocycles. The summed E-state index contributed by atoms with van der Waals surface area (Å²) in [6.07, 6.45) is 1.53. The largest absolute Gasteiger partial charge is 0.497 e. The van der Waals surface area contributed by atoms with Crippen LogP contribution in [0.1, 0.15) is 18.4 Å². The van der Waals surface area contributed by atoms with E-state index in [1.807, 2.05) is 24.3 Å². The van der Waals surface area contributed by atoms with Crippen molar-refractivity contribution in [2.24, 2.45) is 0 Å². The molecular formula is C17H18BrNO4S. The molecule has 0 bridgehead atoms. The fourth-order valence-corrected chi connectivity index (χ4v) is 4.55. The van der Waals surface area contributed by atoms with Crippen molar-refractivity contribution >= 4 is 26.0 Å². The van der Waals surface area contributed by atoms with Gasteiger partial charge in [-0.2, -0.15) is 0 Å².